The van der Waals surface area contributed by atoms with E-state index >= 15 is 0 Å². The molecular formula is C24H18FN3O2S. The fourth-order valence-corrected chi connectivity index (χ4v) is 3.87. The second kappa shape index (κ2) is 9.40. The fraction of sp³-hybridized carbons (Fsp3) is 0.0417. The van der Waals surface area contributed by atoms with Gasteiger partial charge in [-0.1, -0.05) is 42.1 Å². The number of rotatable bonds is 5. The van der Waals surface area contributed by atoms with E-state index in [1.54, 1.807) is 30.6 Å². The molecule has 0 saturated carbocycles. The Morgan fingerprint density at radius 2 is 2.03 bits per heavy atom. The molecule has 2 aromatic carbocycles. The quantitative estimate of drug-likeness (QED) is 0.578. The van der Waals surface area contributed by atoms with Crippen LogP contribution in [0.3, 0.4) is 0 Å². The first-order valence-corrected chi connectivity index (χ1v) is 10.3. The molecule has 2 heterocycles. The van der Waals surface area contributed by atoms with Gasteiger partial charge < -0.3 is 10.6 Å². The smallest absolute Gasteiger partial charge is 0.262 e. The summed E-state index contributed by atoms with van der Waals surface area (Å²) in [6, 6.07) is 15.7. The Balaban J connectivity index is 1.42. The lowest BCUT2D eigenvalue weighted by molar-refractivity contribution is -0.116. The van der Waals surface area contributed by atoms with Gasteiger partial charge in [0.05, 0.1) is 10.6 Å². The third-order valence-corrected chi connectivity index (χ3v) is 5.61. The molecule has 0 unspecified atom stereocenters. The molecule has 0 atom stereocenters. The van der Waals surface area contributed by atoms with E-state index in [-0.39, 0.29) is 11.8 Å². The number of hydrogen-bond donors (Lipinski definition) is 2. The molecule has 154 valence electrons. The van der Waals surface area contributed by atoms with Crippen molar-refractivity contribution in [2.75, 3.05) is 5.32 Å². The van der Waals surface area contributed by atoms with Crippen LogP contribution in [0, 0.1) is 5.82 Å². The molecule has 0 fully saturated rings. The number of nitrogens with zero attached hydrogens (tertiary/aromatic N) is 1. The number of hydrogen-bond acceptors (Lipinski definition) is 4. The lowest BCUT2D eigenvalue weighted by Gasteiger charge is -2.18. The third-order valence-electron chi connectivity index (χ3n) is 4.51. The number of nitrogens with one attached hydrogen (secondary N) is 2. The van der Waals surface area contributed by atoms with Gasteiger partial charge in [0.25, 0.3) is 5.91 Å². The summed E-state index contributed by atoms with van der Waals surface area (Å²) in [5.74, 6) is -1.03. The number of para-hydroxylation sites is 1. The average Bonchev–Trinajstić information content (AvgIpc) is 2.79. The van der Waals surface area contributed by atoms with Crippen LogP contribution in [0.1, 0.15) is 16.7 Å². The van der Waals surface area contributed by atoms with Gasteiger partial charge in [0.2, 0.25) is 5.91 Å². The highest BCUT2D eigenvalue weighted by Gasteiger charge is 2.20. The third kappa shape index (κ3) is 5.26. The summed E-state index contributed by atoms with van der Waals surface area (Å²) in [7, 11) is 0. The van der Waals surface area contributed by atoms with Crippen molar-refractivity contribution < 1.29 is 14.0 Å². The molecule has 3 aromatic rings. The van der Waals surface area contributed by atoms with E-state index in [4.69, 9.17) is 0 Å². The van der Waals surface area contributed by atoms with Gasteiger partial charge >= 0.3 is 0 Å². The largest absolute Gasteiger partial charge is 0.348 e. The summed E-state index contributed by atoms with van der Waals surface area (Å²) < 4.78 is 14.6. The van der Waals surface area contributed by atoms with Gasteiger partial charge in [-0.2, -0.15) is 0 Å². The standard InChI is InChI=1S/C24H18FN3O2S/c25-19-12-16(8-10-23(29)27-15-17-4-3-11-26-14-17)7-9-18(19)13-22-24(30)28-20-5-1-2-6-21(20)31-22/h1-14H,15H2,(H,27,29)(H,28,30)/b10-8+,22-13-. The minimum absolute atomic E-state index is 0.266. The van der Waals surface area contributed by atoms with Gasteiger partial charge in [-0.3, -0.25) is 14.6 Å². The van der Waals surface area contributed by atoms with E-state index < -0.39 is 5.82 Å². The number of halogens is 1. The molecule has 0 saturated heterocycles. The SMILES string of the molecule is O=C(/C=C/c1ccc(/C=C2\Sc3ccccc3NC2=O)c(F)c1)NCc1cccnc1. The fourth-order valence-electron chi connectivity index (χ4n) is 2.93. The molecule has 4 rings (SSSR count). The second-order valence-electron chi connectivity index (χ2n) is 6.75. The Labute approximate surface area is 183 Å². The van der Waals surface area contributed by atoms with Crippen LogP contribution in [0.2, 0.25) is 0 Å². The van der Waals surface area contributed by atoms with Crippen LogP contribution in [0.4, 0.5) is 10.1 Å². The van der Waals surface area contributed by atoms with Crippen LogP contribution in [0.5, 0.6) is 0 Å². The van der Waals surface area contributed by atoms with Crippen molar-refractivity contribution in [3.05, 3.63) is 100 Å². The van der Waals surface area contributed by atoms with Crippen molar-refractivity contribution in [2.24, 2.45) is 0 Å². The Morgan fingerprint density at radius 1 is 1.16 bits per heavy atom. The maximum Gasteiger partial charge on any atom is 0.262 e. The summed E-state index contributed by atoms with van der Waals surface area (Å²) in [5.41, 5.74) is 2.48. The number of carbonyl (C=O) groups excluding carboxylic acids is 2. The first-order chi connectivity index (χ1) is 15.1. The molecule has 1 aliphatic rings. The van der Waals surface area contributed by atoms with Gasteiger partial charge in [-0.05, 0) is 47.5 Å². The van der Waals surface area contributed by atoms with E-state index in [1.165, 1.54) is 36.1 Å². The highest BCUT2D eigenvalue weighted by Crippen LogP contribution is 2.38. The Hall–Kier alpha value is -3.71. The number of thioether (sulfide) groups is 1. The van der Waals surface area contributed by atoms with Crippen LogP contribution in [-0.2, 0) is 16.1 Å². The van der Waals surface area contributed by atoms with Crippen molar-refractivity contribution in [2.45, 2.75) is 11.4 Å². The summed E-state index contributed by atoms with van der Waals surface area (Å²) in [6.45, 7) is 0.362. The predicted molar refractivity (Wildman–Crippen MR) is 120 cm³/mol. The van der Waals surface area contributed by atoms with Crippen molar-refractivity contribution in [3.63, 3.8) is 0 Å². The summed E-state index contributed by atoms with van der Waals surface area (Å²) >= 11 is 1.30. The molecular weight excluding hydrogens is 413 g/mol. The second-order valence-corrected chi connectivity index (χ2v) is 7.84. The first kappa shape index (κ1) is 20.6. The molecule has 0 spiro atoms. The Kier molecular flexibility index (Phi) is 6.24. The lowest BCUT2D eigenvalue weighted by Crippen LogP contribution is -2.20. The topological polar surface area (TPSA) is 71.1 Å². The van der Waals surface area contributed by atoms with Gasteiger partial charge in [-0.15, -0.1) is 0 Å². The Morgan fingerprint density at radius 3 is 2.84 bits per heavy atom. The van der Waals surface area contributed by atoms with Crippen molar-refractivity contribution in [3.8, 4) is 0 Å². The number of aromatic nitrogens is 1. The van der Waals surface area contributed by atoms with Crippen molar-refractivity contribution in [1.29, 1.82) is 0 Å². The highest BCUT2D eigenvalue weighted by molar-refractivity contribution is 8.04. The lowest BCUT2D eigenvalue weighted by atomic mass is 10.1. The van der Waals surface area contributed by atoms with Crippen LogP contribution < -0.4 is 10.6 Å². The van der Waals surface area contributed by atoms with Gasteiger partial charge in [0.1, 0.15) is 5.82 Å². The van der Waals surface area contributed by atoms with Gasteiger partial charge in [0.15, 0.2) is 0 Å². The van der Waals surface area contributed by atoms with E-state index in [9.17, 15) is 14.0 Å². The highest BCUT2D eigenvalue weighted by atomic mass is 32.2. The summed E-state index contributed by atoms with van der Waals surface area (Å²) in [4.78, 5) is 29.6. The maximum absolute atomic E-state index is 14.6. The number of fused-ring (bicyclic) bond motifs is 1. The molecule has 2 amide bonds. The monoisotopic (exact) mass is 431 g/mol. The summed E-state index contributed by atoms with van der Waals surface area (Å²) in [6.07, 6.45) is 7.76. The number of benzene rings is 2. The summed E-state index contributed by atoms with van der Waals surface area (Å²) in [5, 5.41) is 5.55. The molecule has 1 aromatic heterocycles. The minimum Gasteiger partial charge on any atom is -0.348 e. The van der Waals surface area contributed by atoms with Gasteiger partial charge in [0, 0.05) is 35.5 Å². The molecule has 0 radical (unpaired) electrons. The number of carbonyl (C=O) groups is 2. The maximum atomic E-state index is 14.6. The van der Waals surface area contributed by atoms with Crippen LogP contribution in [0.25, 0.3) is 12.2 Å². The van der Waals surface area contributed by atoms with E-state index in [0.29, 0.717) is 22.6 Å². The molecule has 0 aliphatic carbocycles. The van der Waals surface area contributed by atoms with Crippen LogP contribution >= 0.6 is 11.8 Å². The zero-order valence-corrected chi connectivity index (χ0v) is 17.2. The van der Waals surface area contributed by atoms with Crippen LogP contribution in [-0.4, -0.2) is 16.8 Å². The molecule has 7 heteroatoms. The molecule has 2 N–H and O–H groups in total. The van der Waals surface area contributed by atoms with Crippen molar-refractivity contribution in [1.82, 2.24) is 10.3 Å². The molecule has 5 nitrogen and oxygen atoms in total. The molecule has 0 bridgehead atoms. The van der Waals surface area contributed by atoms with Crippen LogP contribution in [0.15, 0.2) is 82.9 Å². The zero-order chi connectivity index (χ0) is 21.6. The zero-order valence-electron chi connectivity index (χ0n) is 16.3. The van der Waals surface area contributed by atoms with E-state index in [2.05, 4.69) is 15.6 Å². The van der Waals surface area contributed by atoms with E-state index in [1.807, 2.05) is 30.3 Å². The molecule has 31 heavy (non-hydrogen) atoms. The predicted octanol–water partition coefficient (Wildman–Crippen LogP) is 4.64. The number of anilines is 1. The average molecular weight is 431 g/mol. The molecule has 1 aliphatic heterocycles. The first-order valence-electron chi connectivity index (χ1n) is 9.53. The van der Waals surface area contributed by atoms with Crippen molar-refractivity contribution >= 4 is 41.4 Å². The van der Waals surface area contributed by atoms with E-state index in [0.717, 1.165) is 16.1 Å². The van der Waals surface area contributed by atoms with Gasteiger partial charge in [-0.25, -0.2) is 4.39 Å². The number of pyridine rings is 1. The normalized spacial score (nSPS) is 14.4. The number of amides is 2. The minimum atomic E-state index is -0.474. The Bertz CT molecular complexity index is 1190.